The maximum absolute atomic E-state index is 10.8. The number of hydrogen-bond acceptors (Lipinski definition) is 4. The molecule has 0 amide bonds. The lowest BCUT2D eigenvalue weighted by Gasteiger charge is -2.19. The molecule has 1 aromatic carbocycles. The highest BCUT2D eigenvalue weighted by molar-refractivity contribution is 5.76. The van der Waals surface area contributed by atoms with Crippen molar-refractivity contribution < 1.29 is 19.4 Å². The Hall–Kier alpha value is -1.91. The Morgan fingerprint density at radius 1 is 1.41 bits per heavy atom. The summed E-state index contributed by atoms with van der Waals surface area (Å²) in [6.07, 6.45) is 0.709. The molecule has 1 aliphatic carbocycles. The van der Waals surface area contributed by atoms with Crippen molar-refractivity contribution in [2.75, 3.05) is 18.7 Å². The first-order valence-corrected chi connectivity index (χ1v) is 5.52. The molecule has 2 atom stereocenters. The van der Waals surface area contributed by atoms with Gasteiger partial charge in [0, 0.05) is 24.8 Å². The Labute approximate surface area is 98.6 Å². The summed E-state index contributed by atoms with van der Waals surface area (Å²) in [5, 5.41) is 8.90. The van der Waals surface area contributed by atoms with Crippen LogP contribution in [-0.4, -0.2) is 31.0 Å². The summed E-state index contributed by atoms with van der Waals surface area (Å²) in [5.41, 5.74) is 0.961. The van der Waals surface area contributed by atoms with Gasteiger partial charge in [-0.25, -0.2) is 0 Å². The average molecular weight is 235 g/mol. The molecule has 90 valence electrons. The van der Waals surface area contributed by atoms with Crippen LogP contribution >= 0.6 is 0 Å². The van der Waals surface area contributed by atoms with Crippen LogP contribution in [0.15, 0.2) is 18.2 Å². The lowest BCUT2D eigenvalue weighted by Crippen LogP contribution is -2.23. The Bertz CT molecular complexity index is 474. The number of benzene rings is 1. The molecule has 1 N–H and O–H groups in total. The highest BCUT2D eigenvalue weighted by atomic mass is 16.7. The van der Waals surface area contributed by atoms with Crippen LogP contribution in [0.5, 0.6) is 11.5 Å². The smallest absolute Gasteiger partial charge is 0.308 e. The maximum Gasteiger partial charge on any atom is 0.308 e. The molecule has 1 saturated carbocycles. The van der Waals surface area contributed by atoms with Gasteiger partial charge in [-0.15, -0.1) is 0 Å². The van der Waals surface area contributed by atoms with Gasteiger partial charge in [-0.1, -0.05) is 0 Å². The van der Waals surface area contributed by atoms with Crippen molar-refractivity contribution in [1.82, 2.24) is 0 Å². The number of carbonyl (C=O) groups is 1. The molecule has 5 nitrogen and oxygen atoms in total. The molecule has 2 aliphatic rings. The van der Waals surface area contributed by atoms with Gasteiger partial charge in [0.1, 0.15) is 0 Å². The first kappa shape index (κ1) is 10.3. The number of nitrogens with zero attached hydrogens (tertiary/aromatic N) is 1. The van der Waals surface area contributed by atoms with Crippen molar-refractivity contribution in [3.63, 3.8) is 0 Å². The molecule has 17 heavy (non-hydrogen) atoms. The van der Waals surface area contributed by atoms with Crippen LogP contribution in [0.2, 0.25) is 0 Å². The second kappa shape index (κ2) is 3.55. The van der Waals surface area contributed by atoms with Gasteiger partial charge in [0.2, 0.25) is 6.79 Å². The van der Waals surface area contributed by atoms with E-state index in [-0.39, 0.29) is 18.8 Å². The van der Waals surface area contributed by atoms with Gasteiger partial charge in [0.25, 0.3) is 0 Å². The van der Waals surface area contributed by atoms with E-state index in [2.05, 4.69) is 0 Å². The molecular formula is C12H13NO4. The van der Waals surface area contributed by atoms with Gasteiger partial charge in [0.05, 0.1) is 5.92 Å². The SMILES string of the molecule is CN(c1ccc2c(c1)OCO2)C1CC1C(=O)O. The van der Waals surface area contributed by atoms with Crippen molar-refractivity contribution in [2.24, 2.45) is 5.92 Å². The molecule has 3 rings (SSSR count). The molecule has 0 spiro atoms. The second-order valence-electron chi connectivity index (χ2n) is 4.40. The summed E-state index contributed by atoms with van der Waals surface area (Å²) < 4.78 is 10.5. The van der Waals surface area contributed by atoms with Crippen molar-refractivity contribution in [3.8, 4) is 11.5 Å². The van der Waals surface area contributed by atoms with Crippen LogP contribution in [0.25, 0.3) is 0 Å². The molecule has 0 aromatic heterocycles. The van der Waals surface area contributed by atoms with Crippen molar-refractivity contribution >= 4 is 11.7 Å². The van der Waals surface area contributed by atoms with Crippen molar-refractivity contribution in [1.29, 1.82) is 0 Å². The van der Waals surface area contributed by atoms with Gasteiger partial charge >= 0.3 is 5.97 Å². The van der Waals surface area contributed by atoms with Crippen LogP contribution in [-0.2, 0) is 4.79 Å². The highest BCUT2D eigenvalue weighted by Crippen LogP contribution is 2.41. The fourth-order valence-electron chi connectivity index (χ4n) is 2.17. The minimum atomic E-state index is -0.720. The van der Waals surface area contributed by atoms with Crippen LogP contribution in [0.4, 0.5) is 5.69 Å². The molecular weight excluding hydrogens is 222 g/mol. The largest absolute Gasteiger partial charge is 0.481 e. The normalized spacial score (nSPS) is 24.5. The fraction of sp³-hybridized carbons (Fsp3) is 0.417. The van der Waals surface area contributed by atoms with Gasteiger partial charge in [-0.2, -0.15) is 0 Å². The quantitative estimate of drug-likeness (QED) is 0.856. The number of hydrogen-bond donors (Lipinski definition) is 1. The fourth-order valence-corrected chi connectivity index (χ4v) is 2.17. The summed E-state index contributed by atoms with van der Waals surface area (Å²) in [6.45, 7) is 0.254. The summed E-state index contributed by atoms with van der Waals surface area (Å²) in [5.74, 6) is 0.502. The number of carboxylic acids is 1. The molecule has 1 heterocycles. The number of aliphatic carboxylic acids is 1. The zero-order valence-electron chi connectivity index (χ0n) is 9.42. The predicted molar refractivity (Wildman–Crippen MR) is 60.5 cm³/mol. The van der Waals surface area contributed by atoms with Crippen molar-refractivity contribution in [2.45, 2.75) is 12.5 Å². The van der Waals surface area contributed by atoms with E-state index in [9.17, 15) is 4.79 Å². The monoisotopic (exact) mass is 235 g/mol. The molecule has 0 saturated heterocycles. The molecule has 5 heteroatoms. The van der Waals surface area contributed by atoms with Crippen LogP contribution in [0.1, 0.15) is 6.42 Å². The molecule has 0 radical (unpaired) electrons. The number of rotatable bonds is 3. The first-order chi connectivity index (χ1) is 8.16. The second-order valence-corrected chi connectivity index (χ2v) is 4.40. The van der Waals surface area contributed by atoms with Gasteiger partial charge < -0.3 is 19.5 Å². The third kappa shape index (κ3) is 1.67. The Kier molecular flexibility index (Phi) is 2.14. The van der Waals surface area contributed by atoms with E-state index in [1.807, 2.05) is 30.1 Å². The topological polar surface area (TPSA) is 59.0 Å². The minimum Gasteiger partial charge on any atom is -0.481 e. The highest BCUT2D eigenvalue weighted by Gasteiger charge is 2.46. The van der Waals surface area contributed by atoms with Crippen LogP contribution < -0.4 is 14.4 Å². The summed E-state index contributed by atoms with van der Waals surface area (Å²) in [4.78, 5) is 12.8. The van der Waals surface area contributed by atoms with E-state index in [1.54, 1.807) is 0 Å². The number of ether oxygens (including phenoxy) is 2. The van der Waals surface area contributed by atoms with Gasteiger partial charge in [0.15, 0.2) is 11.5 Å². The maximum atomic E-state index is 10.8. The summed E-state index contributed by atoms with van der Waals surface area (Å²) in [7, 11) is 1.91. The van der Waals surface area contributed by atoms with E-state index in [0.717, 1.165) is 17.2 Å². The Balaban J connectivity index is 1.79. The van der Waals surface area contributed by atoms with Crippen molar-refractivity contribution in [3.05, 3.63) is 18.2 Å². The molecule has 1 fully saturated rings. The number of carboxylic acid groups (broad SMARTS) is 1. The third-order valence-electron chi connectivity index (χ3n) is 3.33. The minimum absolute atomic E-state index is 0.0906. The zero-order chi connectivity index (χ0) is 12.0. The first-order valence-electron chi connectivity index (χ1n) is 5.52. The van der Waals surface area contributed by atoms with Crippen LogP contribution in [0.3, 0.4) is 0 Å². The number of anilines is 1. The number of fused-ring (bicyclic) bond motifs is 1. The Morgan fingerprint density at radius 3 is 2.88 bits per heavy atom. The van der Waals surface area contributed by atoms with E-state index in [0.29, 0.717) is 6.42 Å². The molecule has 2 unspecified atom stereocenters. The summed E-state index contributed by atoms with van der Waals surface area (Å²) in [6, 6.07) is 5.75. The molecule has 1 aromatic rings. The lowest BCUT2D eigenvalue weighted by atomic mass is 10.2. The van der Waals surface area contributed by atoms with E-state index >= 15 is 0 Å². The summed E-state index contributed by atoms with van der Waals surface area (Å²) >= 11 is 0. The van der Waals surface area contributed by atoms with Crippen LogP contribution in [0, 0.1) is 5.92 Å². The Morgan fingerprint density at radius 2 is 2.18 bits per heavy atom. The average Bonchev–Trinajstić information content (AvgIpc) is 2.99. The van der Waals surface area contributed by atoms with E-state index in [1.165, 1.54) is 0 Å². The van der Waals surface area contributed by atoms with E-state index in [4.69, 9.17) is 14.6 Å². The molecule has 0 bridgehead atoms. The standard InChI is InChI=1S/C12H13NO4/c1-13(9-5-8(9)12(14)15)7-2-3-10-11(4-7)17-6-16-10/h2-4,8-9H,5-6H2,1H3,(H,14,15). The van der Waals surface area contributed by atoms with Gasteiger partial charge in [-0.05, 0) is 18.6 Å². The zero-order valence-corrected chi connectivity index (χ0v) is 9.42. The van der Waals surface area contributed by atoms with Gasteiger partial charge in [-0.3, -0.25) is 4.79 Å². The van der Waals surface area contributed by atoms with E-state index < -0.39 is 5.97 Å². The predicted octanol–water partition coefficient (Wildman–Crippen LogP) is 1.32. The lowest BCUT2D eigenvalue weighted by molar-refractivity contribution is -0.138. The molecule has 1 aliphatic heterocycles. The third-order valence-corrected chi connectivity index (χ3v) is 3.33.